The minimum Gasteiger partial charge on any atom is -0.467 e. The molecule has 1 N–H and O–H groups in total. The number of aromatic nitrogens is 3. The van der Waals surface area contributed by atoms with Crippen LogP contribution in [0.15, 0.2) is 58.2 Å². The van der Waals surface area contributed by atoms with Crippen LogP contribution in [0.25, 0.3) is 22.6 Å². The molecule has 8 nitrogen and oxygen atoms in total. The molecule has 0 saturated heterocycles. The molecule has 4 aromatic rings. The molecule has 0 spiro atoms. The predicted molar refractivity (Wildman–Crippen MR) is 124 cm³/mol. The number of imidazole rings is 1. The molecule has 0 bridgehead atoms. The van der Waals surface area contributed by atoms with Crippen molar-refractivity contribution in [2.24, 2.45) is 5.10 Å². The van der Waals surface area contributed by atoms with Crippen molar-refractivity contribution in [3.63, 3.8) is 0 Å². The van der Waals surface area contributed by atoms with Crippen molar-refractivity contribution in [3.05, 3.63) is 82.6 Å². The van der Waals surface area contributed by atoms with Gasteiger partial charge in [0.05, 0.1) is 47.9 Å². The molecule has 3 heterocycles. The first-order chi connectivity index (χ1) is 18.9. The first-order valence-electron chi connectivity index (χ1n) is 11.3. The Balaban J connectivity index is 1.48. The van der Waals surface area contributed by atoms with Gasteiger partial charge in [0.15, 0.2) is 5.76 Å². The highest BCUT2D eigenvalue weighted by atomic mass is 19.4. The fourth-order valence-corrected chi connectivity index (χ4v) is 4.14. The van der Waals surface area contributed by atoms with E-state index in [0.29, 0.717) is 23.5 Å². The molecule has 1 aliphatic rings. The zero-order valence-corrected chi connectivity index (χ0v) is 20.1. The number of aromatic amines is 1. The predicted octanol–water partition coefficient (Wildman–Crippen LogP) is 5.97. The Bertz CT molecular complexity index is 1610. The Morgan fingerprint density at radius 3 is 2.48 bits per heavy atom. The van der Waals surface area contributed by atoms with E-state index in [1.807, 2.05) is 0 Å². The van der Waals surface area contributed by atoms with E-state index in [2.05, 4.69) is 20.2 Å². The maximum atomic E-state index is 14.2. The molecule has 15 heteroatoms. The molecule has 0 radical (unpaired) electrons. The summed E-state index contributed by atoms with van der Waals surface area (Å²) in [7, 11) is 1.06. The first-order valence-corrected chi connectivity index (χ1v) is 11.3. The van der Waals surface area contributed by atoms with Crippen molar-refractivity contribution in [1.29, 1.82) is 0 Å². The number of fused-ring (bicyclic) bond motifs is 1. The number of benzene rings is 2. The standard InChI is InChI=1S/C25H16F7N5O3/c1-39-23(38)21(37-11-19-18(10-33-37)34-22(35-19)14-4-2-3-5-16(14)26)20-9-17(36-40-20)13-7-6-12(24(27,28)29)8-15(13)25(30,31)32/h2-10,21H,11H2,1H3,(H,34,35). The third-order valence-corrected chi connectivity index (χ3v) is 6.04. The summed E-state index contributed by atoms with van der Waals surface area (Å²) in [5.74, 6) is -1.53. The molecule has 0 fully saturated rings. The molecular formula is C25H16F7N5O3. The minimum absolute atomic E-state index is 0.0251. The quantitative estimate of drug-likeness (QED) is 0.236. The zero-order chi connectivity index (χ0) is 28.8. The van der Waals surface area contributed by atoms with E-state index in [4.69, 9.17) is 9.26 Å². The van der Waals surface area contributed by atoms with Gasteiger partial charge in [-0.1, -0.05) is 23.4 Å². The van der Waals surface area contributed by atoms with E-state index in [9.17, 15) is 35.5 Å². The van der Waals surface area contributed by atoms with E-state index in [1.54, 1.807) is 6.07 Å². The molecule has 0 aliphatic carbocycles. The monoisotopic (exact) mass is 567 g/mol. The summed E-state index contributed by atoms with van der Waals surface area (Å²) in [5.41, 5.74) is -3.25. The van der Waals surface area contributed by atoms with Crippen LogP contribution >= 0.6 is 0 Å². The van der Waals surface area contributed by atoms with Gasteiger partial charge >= 0.3 is 18.3 Å². The third-order valence-electron chi connectivity index (χ3n) is 6.04. The van der Waals surface area contributed by atoms with E-state index >= 15 is 0 Å². The number of methoxy groups -OCH3 is 1. The molecule has 1 aliphatic heterocycles. The van der Waals surface area contributed by atoms with Crippen LogP contribution in [-0.4, -0.2) is 39.4 Å². The highest BCUT2D eigenvalue weighted by molar-refractivity contribution is 5.82. The first kappa shape index (κ1) is 26.9. The molecule has 0 amide bonds. The lowest BCUT2D eigenvalue weighted by atomic mass is 10.00. The largest absolute Gasteiger partial charge is 0.467 e. The lowest BCUT2D eigenvalue weighted by molar-refractivity contribution is -0.148. The van der Waals surface area contributed by atoms with Gasteiger partial charge in [-0.15, -0.1) is 0 Å². The van der Waals surface area contributed by atoms with Gasteiger partial charge in [0, 0.05) is 11.6 Å². The number of H-pyrrole nitrogens is 1. The number of ether oxygens (including phenoxy) is 1. The Labute approximate surface area is 220 Å². The van der Waals surface area contributed by atoms with Crippen molar-refractivity contribution in [2.75, 3.05) is 7.11 Å². The minimum atomic E-state index is -5.15. The molecule has 40 heavy (non-hydrogen) atoms. The number of rotatable bonds is 5. The summed E-state index contributed by atoms with van der Waals surface area (Å²) in [6.45, 7) is -0.124. The maximum absolute atomic E-state index is 14.2. The van der Waals surface area contributed by atoms with Crippen LogP contribution in [0.3, 0.4) is 0 Å². The van der Waals surface area contributed by atoms with Gasteiger partial charge in [-0.25, -0.2) is 14.2 Å². The van der Waals surface area contributed by atoms with Crippen LogP contribution in [0, 0.1) is 5.82 Å². The van der Waals surface area contributed by atoms with Gasteiger partial charge in [-0.2, -0.15) is 31.4 Å². The lowest BCUT2D eigenvalue weighted by Crippen LogP contribution is -2.32. The van der Waals surface area contributed by atoms with E-state index < -0.39 is 52.6 Å². The third kappa shape index (κ3) is 5.01. The van der Waals surface area contributed by atoms with Crippen LogP contribution in [0.1, 0.15) is 34.3 Å². The SMILES string of the molecule is COC(=O)C(c1cc(-c2ccc(C(F)(F)F)cc2C(F)(F)F)no1)N1Cc2nc(-c3ccccc3F)[nH]c2C=N1. The average molecular weight is 567 g/mol. The van der Waals surface area contributed by atoms with Crippen LogP contribution in [0.5, 0.6) is 0 Å². The molecule has 1 unspecified atom stereocenters. The number of hydrogen-bond acceptors (Lipinski definition) is 7. The number of hydrazone groups is 1. The second kappa shape index (κ2) is 9.81. The van der Waals surface area contributed by atoms with Gasteiger partial charge in [-0.05, 0) is 24.3 Å². The van der Waals surface area contributed by atoms with Crippen molar-refractivity contribution < 1.29 is 44.8 Å². The average Bonchev–Trinajstić information content (AvgIpc) is 3.55. The molecule has 208 valence electrons. The Hall–Kier alpha value is -4.69. The number of halogens is 7. The number of nitrogens with one attached hydrogen (secondary N) is 1. The maximum Gasteiger partial charge on any atom is 0.417 e. The molecule has 5 rings (SSSR count). The number of alkyl halides is 6. The van der Waals surface area contributed by atoms with Gasteiger partial charge in [0.2, 0.25) is 6.04 Å². The molecule has 0 saturated carbocycles. The van der Waals surface area contributed by atoms with Crippen molar-refractivity contribution in [3.8, 4) is 22.6 Å². The van der Waals surface area contributed by atoms with Gasteiger partial charge in [-0.3, -0.25) is 5.01 Å². The second-order valence-corrected chi connectivity index (χ2v) is 8.56. The fraction of sp³-hybridized carbons (Fsp3) is 0.200. The zero-order valence-electron chi connectivity index (χ0n) is 20.1. The van der Waals surface area contributed by atoms with Crippen molar-refractivity contribution in [2.45, 2.75) is 24.9 Å². The van der Waals surface area contributed by atoms with Gasteiger partial charge < -0.3 is 14.2 Å². The van der Waals surface area contributed by atoms with Crippen LogP contribution in [0.2, 0.25) is 0 Å². The Morgan fingerprint density at radius 2 is 1.80 bits per heavy atom. The summed E-state index contributed by atoms with van der Waals surface area (Å²) in [5, 5.41) is 8.92. The highest BCUT2D eigenvalue weighted by Gasteiger charge is 2.40. The summed E-state index contributed by atoms with van der Waals surface area (Å²) in [6, 6.07) is 6.52. The Morgan fingerprint density at radius 1 is 1.05 bits per heavy atom. The normalized spacial score (nSPS) is 14.2. The fourth-order valence-electron chi connectivity index (χ4n) is 4.14. The molecule has 2 aromatic carbocycles. The van der Waals surface area contributed by atoms with Crippen molar-refractivity contribution in [1.82, 2.24) is 20.1 Å². The van der Waals surface area contributed by atoms with Gasteiger partial charge in [0.1, 0.15) is 17.3 Å². The van der Waals surface area contributed by atoms with Crippen LogP contribution in [-0.2, 0) is 28.4 Å². The van der Waals surface area contributed by atoms with Crippen LogP contribution in [0.4, 0.5) is 30.7 Å². The van der Waals surface area contributed by atoms with Gasteiger partial charge in [0.25, 0.3) is 0 Å². The summed E-state index contributed by atoms with van der Waals surface area (Å²) in [6.07, 6.45) is -8.85. The number of carbonyl (C=O) groups excluding carboxylic acids is 1. The smallest absolute Gasteiger partial charge is 0.417 e. The molecule has 2 aromatic heterocycles. The lowest BCUT2D eigenvalue weighted by Gasteiger charge is -2.26. The van der Waals surface area contributed by atoms with Crippen LogP contribution < -0.4 is 0 Å². The number of esters is 1. The number of carbonyl (C=O) groups is 1. The number of nitrogens with zero attached hydrogens (tertiary/aromatic N) is 4. The molecule has 1 atom stereocenters. The Kier molecular flexibility index (Phi) is 6.59. The van der Waals surface area contributed by atoms with E-state index in [1.165, 1.54) is 29.4 Å². The second-order valence-electron chi connectivity index (χ2n) is 8.56. The summed E-state index contributed by atoms with van der Waals surface area (Å²) >= 11 is 0. The molecular weight excluding hydrogens is 551 g/mol. The summed E-state index contributed by atoms with van der Waals surface area (Å²) in [4.78, 5) is 20.0. The number of hydrogen-bond donors (Lipinski definition) is 1. The van der Waals surface area contributed by atoms with E-state index in [0.717, 1.165) is 13.2 Å². The topological polar surface area (TPSA) is 96.6 Å². The summed E-state index contributed by atoms with van der Waals surface area (Å²) < 4.78 is 104. The van der Waals surface area contributed by atoms with Crippen molar-refractivity contribution >= 4 is 12.2 Å². The van der Waals surface area contributed by atoms with E-state index in [-0.39, 0.29) is 29.8 Å². The highest BCUT2D eigenvalue weighted by Crippen LogP contribution is 2.41.